The zero-order valence-electron chi connectivity index (χ0n) is 18.1. The first kappa shape index (κ1) is 26.6. The summed E-state index contributed by atoms with van der Waals surface area (Å²) < 4.78 is 0. The molecule has 0 spiro atoms. The smallest absolute Gasteiger partial charge is 0.272 e. The topological polar surface area (TPSA) is 149 Å². The van der Waals surface area contributed by atoms with E-state index < -0.39 is 5.91 Å². The lowest BCUT2D eigenvalue weighted by Crippen LogP contribution is -2.35. The number of hydrogen-bond donors (Lipinski definition) is 5. The predicted octanol–water partition coefficient (Wildman–Crippen LogP) is 1.65. The molecule has 8 N–H and O–H groups in total. The molecule has 0 aromatic heterocycles. The van der Waals surface area contributed by atoms with Crippen molar-refractivity contribution in [2.45, 2.75) is 33.1 Å². The van der Waals surface area contributed by atoms with Gasteiger partial charge in [0, 0.05) is 43.2 Å². The van der Waals surface area contributed by atoms with Crippen LogP contribution in [0.15, 0.2) is 77.0 Å². The molecule has 30 heavy (non-hydrogen) atoms. The number of allylic oxidation sites excluding steroid dienone is 4. The lowest BCUT2D eigenvalue weighted by atomic mass is 10.1. The minimum Gasteiger partial charge on any atom is -0.402 e. The molecule has 0 radical (unpaired) electrons. The number of nitrogens with zero attached hydrogens (tertiary/aromatic N) is 1. The quantitative estimate of drug-likeness (QED) is 0.343. The molecule has 0 bridgehead atoms. The van der Waals surface area contributed by atoms with Gasteiger partial charge in [-0.15, -0.1) is 0 Å². The lowest BCUT2D eigenvalue weighted by molar-refractivity contribution is -0.117. The number of aliphatic imine (C=N–C) groups is 1. The molecule has 8 nitrogen and oxygen atoms in total. The predicted molar refractivity (Wildman–Crippen MR) is 124 cm³/mol. The summed E-state index contributed by atoms with van der Waals surface area (Å²) in [6.45, 7) is 10.9. The van der Waals surface area contributed by atoms with E-state index in [0.29, 0.717) is 37.2 Å². The highest BCUT2D eigenvalue weighted by molar-refractivity contribution is 6.45. The number of carbonyl (C=O) groups excluding carboxylic acids is 2. The Kier molecular flexibility index (Phi) is 12.9. The van der Waals surface area contributed by atoms with Crippen LogP contribution in [0, 0.1) is 0 Å². The van der Waals surface area contributed by atoms with Crippen LogP contribution in [-0.4, -0.2) is 31.0 Å². The summed E-state index contributed by atoms with van der Waals surface area (Å²) in [5.74, 6) is -0.266. The van der Waals surface area contributed by atoms with Crippen molar-refractivity contribution in [3.63, 3.8) is 0 Å². The van der Waals surface area contributed by atoms with E-state index in [1.165, 1.54) is 19.4 Å². The monoisotopic (exact) mass is 414 g/mol. The molecule has 164 valence electrons. The van der Waals surface area contributed by atoms with Gasteiger partial charge >= 0.3 is 0 Å². The Morgan fingerprint density at radius 3 is 2.50 bits per heavy atom. The van der Waals surface area contributed by atoms with Gasteiger partial charge in [0.25, 0.3) is 5.91 Å². The molecule has 0 aromatic carbocycles. The molecule has 0 unspecified atom stereocenters. The van der Waals surface area contributed by atoms with Crippen molar-refractivity contribution in [3.05, 3.63) is 72.0 Å². The van der Waals surface area contributed by atoms with Gasteiger partial charge in [-0.3, -0.25) is 4.79 Å². The largest absolute Gasteiger partial charge is 0.402 e. The second kappa shape index (κ2) is 14.6. The highest BCUT2D eigenvalue weighted by Gasteiger charge is 2.14. The maximum atomic E-state index is 12.5. The van der Waals surface area contributed by atoms with Gasteiger partial charge in [0.05, 0.1) is 5.70 Å². The van der Waals surface area contributed by atoms with Crippen molar-refractivity contribution in [2.24, 2.45) is 22.2 Å². The molecular weight excluding hydrogens is 380 g/mol. The van der Waals surface area contributed by atoms with Crippen LogP contribution in [0.25, 0.3) is 0 Å². The van der Waals surface area contributed by atoms with Gasteiger partial charge in [-0.2, -0.15) is 0 Å². The SMILES string of the molecule is C=CN=C(C(=C)N/C=C(\C)N)C(=O)NCC1=CCC(N)=C(CCC(C)=O)C=C1.CN. The molecule has 0 atom stereocenters. The third-order valence-corrected chi connectivity index (χ3v) is 3.89. The summed E-state index contributed by atoms with van der Waals surface area (Å²) in [7, 11) is 1.50. The van der Waals surface area contributed by atoms with Crippen LogP contribution in [0.5, 0.6) is 0 Å². The number of carbonyl (C=O) groups is 2. The average Bonchev–Trinajstić information content (AvgIpc) is 2.89. The van der Waals surface area contributed by atoms with Crippen LogP contribution in [0.4, 0.5) is 0 Å². The van der Waals surface area contributed by atoms with Crippen LogP contribution in [0.2, 0.25) is 0 Å². The normalized spacial score (nSPS) is 14.1. The summed E-state index contributed by atoms with van der Waals surface area (Å²) >= 11 is 0. The van der Waals surface area contributed by atoms with Crippen molar-refractivity contribution >= 4 is 17.4 Å². The Morgan fingerprint density at radius 2 is 1.93 bits per heavy atom. The van der Waals surface area contributed by atoms with E-state index in [2.05, 4.69) is 34.5 Å². The number of nitrogens with two attached hydrogens (primary N) is 3. The number of amides is 1. The number of hydrogen-bond acceptors (Lipinski definition) is 7. The molecule has 1 aliphatic carbocycles. The Labute approximate surface area is 179 Å². The van der Waals surface area contributed by atoms with Crippen LogP contribution in [0.1, 0.15) is 33.1 Å². The molecule has 0 heterocycles. The first-order valence-electron chi connectivity index (χ1n) is 9.51. The maximum Gasteiger partial charge on any atom is 0.272 e. The molecular formula is C22H34N6O2. The van der Waals surface area contributed by atoms with Gasteiger partial charge in [0.1, 0.15) is 5.78 Å². The van der Waals surface area contributed by atoms with Crippen LogP contribution in [0.3, 0.4) is 0 Å². The van der Waals surface area contributed by atoms with E-state index >= 15 is 0 Å². The summed E-state index contributed by atoms with van der Waals surface area (Å²) in [5, 5.41) is 5.64. The molecule has 1 rings (SSSR count). The van der Waals surface area contributed by atoms with E-state index in [4.69, 9.17) is 11.5 Å². The van der Waals surface area contributed by atoms with Gasteiger partial charge in [-0.1, -0.05) is 31.4 Å². The molecule has 8 heteroatoms. The zero-order valence-corrected chi connectivity index (χ0v) is 18.1. The molecule has 0 fully saturated rings. The molecule has 0 aliphatic heterocycles. The van der Waals surface area contributed by atoms with Gasteiger partial charge in [0.2, 0.25) is 0 Å². The number of rotatable bonds is 10. The highest BCUT2D eigenvalue weighted by atomic mass is 16.2. The minimum atomic E-state index is -0.392. The fourth-order valence-corrected chi connectivity index (χ4v) is 2.34. The van der Waals surface area contributed by atoms with Crippen molar-refractivity contribution in [3.8, 4) is 0 Å². The highest BCUT2D eigenvalue weighted by Crippen LogP contribution is 2.18. The van der Waals surface area contributed by atoms with Gasteiger partial charge < -0.3 is 32.6 Å². The third-order valence-electron chi connectivity index (χ3n) is 3.89. The number of ketones is 1. The zero-order chi connectivity index (χ0) is 23.1. The molecule has 0 saturated heterocycles. The van der Waals surface area contributed by atoms with E-state index in [0.717, 1.165) is 16.8 Å². The second-order valence-corrected chi connectivity index (χ2v) is 6.42. The van der Waals surface area contributed by atoms with Crippen molar-refractivity contribution in [1.29, 1.82) is 0 Å². The van der Waals surface area contributed by atoms with E-state index in [1.54, 1.807) is 13.8 Å². The third kappa shape index (κ3) is 10.2. The standard InChI is InChI=1S/C21H29N5O2.CH5N/c1-5-24-20(16(4)25-12-14(2)22)21(28)26-13-17-7-10-18(9-6-15(3)27)19(23)11-8-17;1-2/h5,7-8,10,12,25H,1,4,6,9,11,13,22-23H2,2-3H3,(H,26,28);2H2,1H3/b14-12+,24-20?;. The summed E-state index contributed by atoms with van der Waals surface area (Å²) in [6, 6.07) is 0. The van der Waals surface area contributed by atoms with Gasteiger partial charge in [-0.05, 0) is 38.5 Å². The van der Waals surface area contributed by atoms with E-state index in [9.17, 15) is 9.59 Å². The second-order valence-electron chi connectivity index (χ2n) is 6.42. The van der Waals surface area contributed by atoms with Crippen molar-refractivity contribution in [2.75, 3.05) is 13.6 Å². The first-order valence-corrected chi connectivity index (χ1v) is 9.51. The molecule has 0 saturated carbocycles. The Balaban J connectivity index is 0.00000407. The Hall–Kier alpha value is -3.39. The van der Waals surface area contributed by atoms with Crippen molar-refractivity contribution < 1.29 is 9.59 Å². The number of Topliss-reactive ketones (excluding diaryl/α,β-unsaturated/α-hetero) is 1. The van der Waals surface area contributed by atoms with Crippen molar-refractivity contribution in [1.82, 2.24) is 10.6 Å². The first-order chi connectivity index (χ1) is 14.2. The fourth-order valence-electron chi connectivity index (χ4n) is 2.34. The number of nitrogens with one attached hydrogen (secondary N) is 2. The van der Waals surface area contributed by atoms with Gasteiger partial charge in [-0.25, -0.2) is 4.99 Å². The van der Waals surface area contributed by atoms with Crippen LogP contribution < -0.4 is 27.8 Å². The van der Waals surface area contributed by atoms with E-state index in [-0.39, 0.29) is 11.5 Å². The molecule has 0 aromatic rings. The van der Waals surface area contributed by atoms with Gasteiger partial charge in [0.15, 0.2) is 5.71 Å². The molecule has 1 amide bonds. The summed E-state index contributed by atoms with van der Waals surface area (Å²) in [5.41, 5.74) is 19.7. The Bertz CT molecular complexity index is 796. The average molecular weight is 415 g/mol. The fraction of sp³-hybridized carbons (Fsp3) is 0.318. The lowest BCUT2D eigenvalue weighted by Gasteiger charge is -2.10. The Morgan fingerprint density at radius 1 is 1.27 bits per heavy atom. The summed E-state index contributed by atoms with van der Waals surface area (Å²) in [4.78, 5) is 27.7. The van der Waals surface area contributed by atoms with Crippen LogP contribution >= 0.6 is 0 Å². The van der Waals surface area contributed by atoms with Crippen LogP contribution in [-0.2, 0) is 9.59 Å². The van der Waals surface area contributed by atoms with E-state index in [1.807, 2.05) is 18.2 Å². The summed E-state index contributed by atoms with van der Waals surface area (Å²) in [6.07, 6.45) is 10.2. The maximum absolute atomic E-state index is 12.5. The minimum absolute atomic E-state index is 0.116. The molecule has 1 aliphatic rings.